The van der Waals surface area contributed by atoms with Crippen LogP contribution in [0.3, 0.4) is 0 Å². The van der Waals surface area contributed by atoms with Crippen LogP contribution in [0.2, 0.25) is 5.02 Å². The maximum atomic E-state index is 12.4. The highest BCUT2D eigenvalue weighted by atomic mass is 35.5. The number of ether oxygens (including phenoxy) is 1. The van der Waals surface area contributed by atoms with E-state index >= 15 is 0 Å². The van der Waals surface area contributed by atoms with Gasteiger partial charge in [0.15, 0.2) is 0 Å². The van der Waals surface area contributed by atoms with Gasteiger partial charge in [0.25, 0.3) is 0 Å². The van der Waals surface area contributed by atoms with Crippen molar-refractivity contribution in [3.8, 4) is 0 Å². The zero-order chi connectivity index (χ0) is 20.8. The molecule has 1 saturated heterocycles. The molecule has 154 valence electrons. The standard InChI is InChI=1S/C22H26ClN3O3/c1-15-6-8-17(9-7-15)20(26-10-12-29-13-11-26)14-24-21(27)22(28)25-19-5-3-4-18(23)16(19)2/h3-9,20H,10-14H2,1-2H3,(H,24,27)(H,25,28)/t20-/m1/s1. The van der Waals surface area contributed by atoms with E-state index in [9.17, 15) is 9.59 Å². The van der Waals surface area contributed by atoms with Crippen LogP contribution in [0, 0.1) is 13.8 Å². The number of hydrogen-bond acceptors (Lipinski definition) is 4. The van der Waals surface area contributed by atoms with Gasteiger partial charge in [0.1, 0.15) is 0 Å². The molecular weight excluding hydrogens is 390 g/mol. The first-order chi connectivity index (χ1) is 14.0. The number of rotatable bonds is 5. The molecule has 1 aliphatic heterocycles. The largest absolute Gasteiger partial charge is 0.379 e. The van der Waals surface area contributed by atoms with Crippen molar-refractivity contribution in [2.75, 3.05) is 38.2 Å². The minimum atomic E-state index is -0.708. The number of nitrogens with one attached hydrogen (secondary N) is 2. The van der Waals surface area contributed by atoms with Crippen molar-refractivity contribution in [1.29, 1.82) is 0 Å². The van der Waals surface area contributed by atoms with Crippen molar-refractivity contribution < 1.29 is 14.3 Å². The number of carbonyl (C=O) groups excluding carboxylic acids is 2. The van der Waals surface area contributed by atoms with E-state index in [1.54, 1.807) is 25.1 Å². The number of anilines is 1. The lowest BCUT2D eigenvalue weighted by molar-refractivity contribution is -0.136. The van der Waals surface area contributed by atoms with Crippen LogP contribution in [0.25, 0.3) is 0 Å². The Morgan fingerprint density at radius 3 is 2.45 bits per heavy atom. The summed E-state index contributed by atoms with van der Waals surface area (Å²) in [5, 5.41) is 5.95. The van der Waals surface area contributed by atoms with Gasteiger partial charge in [0.05, 0.1) is 19.3 Å². The highest BCUT2D eigenvalue weighted by Gasteiger charge is 2.24. The van der Waals surface area contributed by atoms with Crippen LogP contribution in [-0.2, 0) is 14.3 Å². The van der Waals surface area contributed by atoms with E-state index in [0.717, 1.165) is 24.2 Å². The van der Waals surface area contributed by atoms with E-state index in [4.69, 9.17) is 16.3 Å². The molecule has 2 aromatic carbocycles. The Kier molecular flexibility index (Phi) is 7.25. The smallest absolute Gasteiger partial charge is 0.313 e. The SMILES string of the molecule is Cc1ccc([C@@H](CNC(=O)C(=O)Nc2cccc(Cl)c2C)N2CCOCC2)cc1. The number of amides is 2. The van der Waals surface area contributed by atoms with Gasteiger partial charge in [0.2, 0.25) is 0 Å². The van der Waals surface area contributed by atoms with Crippen LogP contribution in [0.5, 0.6) is 0 Å². The predicted molar refractivity (Wildman–Crippen MR) is 114 cm³/mol. The molecule has 29 heavy (non-hydrogen) atoms. The molecule has 0 radical (unpaired) electrons. The van der Waals surface area contributed by atoms with Gasteiger partial charge in [-0.05, 0) is 37.1 Å². The molecular formula is C22H26ClN3O3. The fourth-order valence-corrected chi connectivity index (χ4v) is 3.50. The summed E-state index contributed by atoms with van der Waals surface area (Å²) in [5.74, 6) is -1.38. The van der Waals surface area contributed by atoms with Crippen LogP contribution >= 0.6 is 11.6 Å². The molecule has 0 aromatic heterocycles. The molecule has 6 nitrogen and oxygen atoms in total. The van der Waals surface area contributed by atoms with Crippen LogP contribution in [0.15, 0.2) is 42.5 Å². The van der Waals surface area contributed by atoms with E-state index in [0.29, 0.717) is 30.5 Å². The molecule has 1 fully saturated rings. The summed E-state index contributed by atoms with van der Waals surface area (Å²) in [5.41, 5.74) is 3.53. The van der Waals surface area contributed by atoms with Crippen molar-refractivity contribution in [3.63, 3.8) is 0 Å². The lowest BCUT2D eigenvalue weighted by atomic mass is 10.0. The second-order valence-electron chi connectivity index (χ2n) is 7.15. The van der Waals surface area contributed by atoms with E-state index in [1.807, 2.05) is 6.92 Å². The second kappa shape index (κ2) is 9.87. The summed E-state index contributed by atoms with van der Waals surface area (Å²) >= 11 is 6.08. The Bertz CT molecular complexity index is 864. The number of aryl methyl sites for hydroxylation is 1. The average Bonchev–Trinajstić information content (AvgIpc) is 2.73. The lowest BCUT2D eigenvalue weighted by Gasteiger charge is -2.35. The van der Waals surface area contributed by atoms with Crippen LogP contribution in [-0.4, -0.2) is 49.6 Å². The molecule has 2 N–H and O–H groups in total. The molecule has 7 heteroatoms. The zero-order valence-corrected chi connectivity index (χ0v) is 17.5. The number of carbonyl (C=O) groups is 2. The summed E-state index contributed by atoms with van der Waals surface area (Å²) in [6.45, 7) is 7.04. The molecule has 1 atom stereocenters. The molecule has 3 rings (SSSR count). The van der Waals surface area contributed by atoms with Crippen LogP contribution < -0.4 is 10.6 Å². The molecule has 2 amide bonds. The minimum absolute atomic E-state index is 0.0239. The van der Waals surface area contributed by atoms with E-state index in [1.165, 1.54) is 5.56 Å². The Hall–Kier alpha value is -2.41. The number of nitrogens with zero attached hydrogens (tertiary/aromatic N) is 1. The Morgan fingerprint density at radius 2 is 1.76 bits per heavy atom. The highest BCUT2D eigenvalue weighted by molar-refractivity contribution is 6.40. The van der Waals surface area contributed by atoms with Crippen LogP contribution in [0.4, 0.5) is 5.69 Å². The highest BCUT2D eigenvalue weighted by Crippen LogP contribution is 2.23. The molecule has 0 bridgehead atoms. The van der Waals surface area contributed by atoms with Gasteiger partial charge in [-0.1, -0.05) is 47.5 Å². The van der Waals surface area contributed by atoms with E-state index in [-0.39, 0.29) is 6.04 Å². The lowest BCUT2D eigenvalue weighted by Crippen LogP contribution is -2.45. The third kappa shape index (κ3) is 5.56. The molecule has 1 aliphatic rings. The maximum Gasteiger partial charge on any atom is 0.313 e. The predicted octanol–water partition coefficient (Wildman–Crippen LogP) is 3.09. The second-order valence-corrected chi connectivity index (χ2v) is 7.56. The quantitative estimate of drug-likeness (QED) is 0.736. The number of halogens is 1. The van der Waals surface area contributed by atoms with E-state index < -0.39 is 11.8 Å². The van der Waals surface area contributed by atoms with Crippen LogP contribution in [0.1, 0.15) is 22.7 Å². The van der Waals surface area contributed by atoms with Crippen molar-refractivity contribution in [2.45, 2.75) is 19.9 Å². The summed E-state index contributed by atoms with van der Waals surface area (Å²) in [6.07, 6.45) is 0. The minimum Gasteiger partial charge on any atom is -0.379 e. The number of hydrogen-bond donors (Lipinski definition) is 2. The summed E-state index contributed by atoms with van der Waals surface area (Å²) < 4.78 is 5.45. The van der Waals surface area contributed by atoms with Gasteiger partial charge in [-0.25, -0.2) is 0 Å². The molecule has 0 spiro atoms. The van der Waals surface area contributed by atoms with Gasteiger partial charge in [0, 0.05) is 30.3 Å². The summed E-state index contributed by atoms with van der Waals surface area (Å²) in [7, 11) is 0. The first-order valence-electron chi connectivity index (χ1n) is 9.68. The summed E-state index contributed by atoms with van der Waals surface area (Å²) in [4.78, 5) is 27.0. The van der Waals surface area contributed by atoms with Gasteiger partial charge < -0.3 is 15.4 Å². The number of morpholine rings is 1. The van der Waals surface area contributed by atoms with Crippen molar-refractivity contribution >= 4 is 29.1 Å². The fraction of sp³-hybridized carbons (Fsp3) is 0.364. The molecule has 0 aliphatic carbocycles. The maximum absolute atomic E-state index is 12.4. The Labute approximate surface area is 176 Å². The van der Waals surface area contributed by atoms with Crippen molar-refractivity contribution in [3.05, 3.63) is 64.2 Å². The van der Waals surface area contributed by atoms with E-state index in [2.05, 4.69) is 39.8 Å². The summed E-state index contributed by atoms with van der Waals surface area (Å²) in [6, 6.07) is 13.4. The third-order valence-electron chi connectivity index (χ3n) is 5.13. The monoisotopic (exact) mass is 415 g/mol. The topological polar surface area (TPSA) is 70.7 Å². The Morgan fingerprint density at radius 1 is 1.07 bits per heavy atom. The van der Waals surface area contributed by atoms with Gasteiger partial charge in [-0.2, -0.15) is 0 Å². The molecule has 1 heterocycles. The van der Waals surface area contributed by atoms with Gasteiger partial charge in [-0.3, -0.25) is 14.5 Å². The normalized spacial score (nSPS) is 15.6. The van der Waals surface area contributed by atoms with Gasteiger partial charge in [-0.15, -0.1) is 0 Å². The van der Waals surface area contributed by atoms with Gasteiger partial charge >= 0.3 is 11.8 Å². The average molecular weight is 416 g/mol. The Balaban J connectivity index is 1.66. The molecule has 0 saturated carbocycles. The van der Waals surface area contributed by atoms with Crippen molar-refractivity contribution in [1.82, 2.24) is 10.2 Å². The first kappa shape index (κ1) is 21.3. The number of benzene rings is 2. The zero-order valence-electron chi connectivity index (χ0n) is 16.7. The van der Waals surface area contributed by atoms with Crippen molar-refractivity contribution in [2.24, 2.45) is 0 Å². The molecule has 0 unspecified atom stereocenters. The third-order valence-corrected chi connectivity index (χ3v) is 5.54. The fourth-order valence-electron chi connectivity index (χ4n) is 3.33. The molecule has 2 aromatic rings. The first-order valence-corrected chi connectivity index (χ1v) is 10.1.